The molecule has 0 aliphatic carbocycles. The fraction of sp³-hybridized carbons (Fsp3) is 0.182. The highest BCUT2D eigenvalue weighted by atomic mass is 32.1. The number of carbonyl (C=O) groups is 1. The van der Waals surface area contributed by atoms with Gasteiger partial charge in [-0.25, -0.2) is 4.98 Å². The summed E-state index contributed by atoms with van der Waals surface area (Å²) >= 11 is 1.46. The fourth-order valence-electron chi connectivity index (χ4n) is 1.29. The topological polar surface area (TPSA) is 54.9 Å². The predicted octanol–water partition coefficient (Wildman–Crippen LogP) is 2.47. The summed E-state index contributed by atoms with van der Waals surface area (Å²) in [6.45, 7) is 3.37. The van der Waals surface area contributed by atoms with E-state index < -0.39 is 0 Å². The molecule has 16 heavy (non-hydrogen) atoms. The first-order valence-corrected chi connectivity index (χ1v) is 5.64. The lowest BCUT2D eigenvalue weighted by atomic mass is 10.3. The zero-order valence-corrected chi connectivity index (χ0v) is 9.84. The van der Waals surface area contributed by atoms with Crippen molar-refractivity contribution in [2.75, 3.05) is 5.32 Å². The van der Waals surface area contributed by atoms with Crippen molar-refractivity contribution in [3.8, 4) is 10.6 Å². The Morgan fingerprint density at radius 3 is 2.94 bits per heavy atom. The molecule has 0 atom stereocenters. The molecule has 0 aliphatic heterocycles. The average Bonchev–Trinajstić information content (AvgIpc) is 2.61. The standard InChI is InChI=1S/C11H11N3OS/c1-7-10(14-8(2)15)16-11(13-7)9-4-3-5-12-6-9/h3-6H,1-2H3,(H,14,15). The maximum atomic E-state index is 11.0. The molecular weight excluding hydrogens is 222 g/mol. The Morgan fingerprint density at radius 2 is 2.31 bits per heavy atom. The van der Waals surface area contributed by atoms with E-state index in [0.29, 0.717) is 0 Å². The predicted molar refractivity (Wildman–Crippen MR) is 64.4 cm³/mol. The number of amides is 1. The molecule has 0 aromatic carbocycles. The van der Waals surface area contributed by atoms with Crippen molar-refractivity contribution >= 4 is 22.2 Å². The van der Waals surface area contributed by atoms with Crippen LogP contribution in [-0.4, -0.2) is 15.9 Å². The van der Waals surface area contributed by atoms with Crippen LogP contribution in [0.25, 0.3) is 10.6 Å². The zero-order chi connectivity index (χ0) is 11.5. The lowest BCUT2D eigenvalue weighted by Gasteiger charge is -1.96. The molecule has 0 aliphatic rings. The van der Waals surface area contributed by atoms with Crippen LogP contribution in [-0.2, 0) is 4.79 Å². The molecule has 82 valence electrons. The summed E-state index contributed by atoms with van der Waals surface area (Å²) in [5, 5.41) is 4.43. The van der Waals surface area contributed by atoms with E-state index >= 15 is 0 Å². The van der Waals surface area contributed by atoms with Gasteiger partial charge in [0.1, 0.15) is 10.0 Å². The number of rotatable bonds is 2. The molecule has 2 rings (SSSR count). The van der Waals surface area contributed by atoms with Gasteiger partial charge in [-0.2, -0.15) is 0 Å². The number of aryl methyl sites for hydroxylation is 1. The first-order chi connectivity index (χ1) is 7.66. The molecule has 2 heterocycles. The minimum atomic E-state index is -0.0792. The average molecular weight is 233 g/mol. The summed E-state index contributed by atoms with van der Waals surface area (Å²) < 4.78 is 0. The number of anilines is 1. The van der Waals surface area contributed by atoms with Gasteiger partial charge in [0, 0.05) is 24.9 Å². The van der Waals surface area contributed by atoms with Crippen LogP contribution in [0.2, 0.25) is 0 Å². The van der Waals surface area contributed by atoms with Crippen LogP contribution in [0.15, 0.2) is 24.5 Å². The van der Waals surface area contributed by atoms with E-state index in [4.69, 9.17) is 0 Å². The zero-order valence-electron chi connectivity index (χ0n) is 9.02. The van der Waals surface area contributed by atoms with E-state index in [1.165, 1.54) is 18.3 Å². The summed E-state index contributed by atoms with van der Waals surface area (Å²) in [6.07, 6.45) is 3.48. The molecule has 0 radical (unpaired) electrons. The van der Waals surface area contributed by atoms with Gasteiger partial charge in [0.15, 0.2) is 0 Å². The third-order valence-electron chi connectivity index (χ3n) is 1.99. The molecule has 5 heteroatoms. The first-order valence-electron chi connectivity index (χ1n) is 4.82. The Labute approximate surface area is 97.4 Å². The number of pyridine rings is 1. The molecule has 0 unspecified atom stereocenters. The number of hydrogen-bond acceptors (Lipinski definition) is 4. The quantitative estimate of drug-likeness (QED) is 0.867. The maximum absolute atomic E-state index is 11.0. The lowest BCUT2D eigenvalue weighted by molar-refractivity contribution is -0.114. The molecule has 2 aromatic heterocycles. The number of hydrogen-bond donors (Lipinski definition) is 1. The molecule has 0 fully saturated rings. The van der Waals surface area contributed by atoms with Crippen molar-refractivity contribution in [1.29, 1.82) is 0 Å². The van der Waals surface area contributed by atoms with Crippen LogP contribution in [0.3, 0.4) is 0 Å². The van der Waals surface area contributed by atoms with E-state index in [1.807, 2.05) is 19.1 Å². The summed E-state index contributed by atoms with van der Waals surface area (Å²) in [6, 6.07) is 3.81. The number of aromatic nitrogens is 2. The molecule has 1 N–H and O–H groups in total. The molecule has 1 amide bonds. The van der Waals surface area contributed by atoms with Gasteiger partial charge in [0.25, 0.3) is 0 Å². The molecule has 4 nitrogen and oxygen atoms in total. The summed E-state index contributed by atoms with van der Waals surface area (Å²) in [4.78, 5) is 19.4. The Hall–Kier alpha value is -1.75. The Balaban J connectivity index is 2.34. The van der Waals surface area contributed by atoms with Gasteiger partial charge in [-0.3, -0.25) is 9.78 Å². The van der Waals surface area contributed by atoms with Gasteiger partial charge in [-0.15, -0.1) is 0 Å². The van der Waals surface area contributed by atoms with Gasteiger partial charge in [0.05, 0.1) is 5.69 Å². The molecular formula is C11H11N3OS. The van der Waals surface area contributed by atoms with Crippen molar-refractivity contribution in [1.82, 2.24) is 9.97 Å². The van der Waals surface area contributed by atoms with Crippen LogP contribution in [0.5, 0.6) is 0 Å². The van der Waals surface area contributed by atoms with Gasteiger partial charge in [-0.05, 0) is 19.1 Å². The van der Waals surface area contributed by atoms with Crippen LogP contribution in [0, 0.1) is 6.92 Å². The van der Waals surface area contributed by atoms with Crippen molar-refractivity contribution < 1.29 is 4.79 Å². The van der Waals surface area contributed by atoms with Crippen molar-refractivity contribution in [2.24, 2.45) is 0 Å². The maximum Gasteiger partial charge on any atom is 0.221 e. The van der Waals surface area contributed by atoms with Crippen LogP contribution in [0.1, 0.15) is 12.6 Å². The number of nitrogens with zero attached hydrogens (tertiary/aromatic N) is 2. The van der Waals surface area contributed by atoms with E-state index in [0.717, 1.165) is 21.3 Å². The second kappa shape index (κ2) is 4.40. The minimum absolute atomic E-state index is 0.0792. The van der Waals surface area contributed by atoms with Crippen molar-refractivity contribution in [2.45, 2.75) is 13.8 Å². The summed E-state index contributed by atoms with van der Waals surface area (Å²) in [5.41, 5.74) is 1.80. The molecule has 2 aromatic rings. The molecule has 0 spiro atoms. The third-order valence-corrected chi connectivity index (χ3v) is 3.12. The first kappa shape index (κ1) is 10.8. The largest absolute Gasteiger partial charge is 0.316 e. The van der Waals surface area contributed by atoms with E-state index in [-0.39, 0.29) is 5.91 Å². The number of thiazole rings is 1. The normalized spacial score (nSPS) is 10.1. The van der Waals surface area contributed by atoms with Gasteiger partial charge in [0.2, 0.25) is 5.91 Å². The smallest absolute Gasteiger partial charge is 0.221 e. The second-order valence-corrected chi connectivity index (χ2v) is 4.36. The number of nitrogens with one attached hydrogen (secondary N) is 1. The highest BCUT2D eigenvalue weighted by Crippen LogP contribution is 2.30. The highest BCUT2D eigenvalue weighted by Gasteiger charge is 2.09. The van der Waals surface area contributed by atoms with E-state index in [9.17, 15) is 4.79 Å². The molecule has 0 saturated carbocycles. The second-order valence-electron chi connectivity index (χ2n) is 3.36. The van der Waals surface area contributed by atoms with Crippen LogP contribution >= 0.6 is 11.3 Å². The third kappa shape index (κ3) is 2.25. The van der Waals surface area contributed by atoms with E-state index in [1.54, 1.807) is 12.4 Å². The fourth-order valence-corrected chi connectivity index (χ4v) is 2.29. The van der Waals surface area contributed by atoms with Gasteiger partial charge >= 0.3 is 0 Å². The van der Waals surface area contributed by atoms with Crippen molar-refractivity contribution in [3.05, 3.63) is 30.2 Å². The van der Waals surface area contributed by atoms with Crippen molar-refractivity contribution in [3.63, 3.8) is 0 Å². The Kier molecular flexibility index (Phi) is 2.96. The highest BCUT2D eigenvalue weighted by molar-refractivity contribution is 7.19. The molecule has 0 bridgehead atoms. The summed E-state index contributed by atoms with van der Waals surface area (Å²) in [7, 11) is 0. The lowest BCUT2D eigenvalue weighted by Crippen LogP contribution is -2.04. The monoisotopic (exact) mass is 233 g/mol. The van der Waals surface area contributed by atoms with Crippen LogP contribution < -0.4 is 5.32 Å². The Morgan fingerprint density at radius 1 is 1.50 bits per heavy atom. The summed E-state index contributed by atoms with van der Waals surface area (Å²) in [5.74, 6) is -0.0792. The van der Waals surface area contributed by atoms with E-state index in [2.05, 4.69) is 15.3 Å². The Bertz CT molecular complexity index is 507. The SMILES string of the molecule is CC(=O)Nc1sc(-c2cccnc2)nc1C. The minimum Gasteiger partial charge on any atom is -0.316 e. The molecule has 0 saturated heterocycles. The van der Waals surface area contributed by atoms with Gasteiger partial charge in [-0.1, -0.05) is 11.3 Å². The van der Waals surface area contributed by atoms with Crippen LogP contribution in [0.4, 0.5) is 5.00 Å². The van der Waals surface area contributed by atoms with Gasteiger partial charge < -0.3 is 5.32 Å². The number of carbonyl (C=O) groups excluding carboxylic acids is 1.